The van der Waals surface area contributed by atoms with Gasteiger partial charge >= 0.3 is 0 Å². The molecular formula is C17H16BrNO3S. The van der Waals surface area contributed by atoms with Gasteiger partial charge in [0.2, 0.25) is 10.0 Å². The van der Waals surface area contributed by atoms with E-state index in [1.807, 2.05) is 24.3 Å². The van der Waals surface area contributed by atoms with Gasteiger partial charge in [-0.25, -0.2) is 8.42 Å². The molecule has 1 aliphatic heterocycles. The molecule has 0 spiro atoms. The van der Waals surface area contributed by atoms with E-state index in [0.29, 0.717) is 0 Å². The molecule has 2 aromatic rings. The van der Waals surface area contributed by atoms with Gasteiger partial charge in [0, 0.05) is 4.47 Å². The lowest BCUT2D eigenvalue weighted by molar-refractivity contribution is 0.0682. The molecule has 23 heavy (non-hydrogen) atoms. The molecule has 4 nitrogen and oxygen atoms in total. The molecule has 0 aliphatic carbocycles. The van der Waals surface area contributed by atoms with Crippen LogP contribution in [0.4, 0.5) is 0 Å². The van der Waals surface area contributed by atoms with Crippen LogP contribution < -0.4 is 0 Å². The molecule has 0 saturated carbocycles. The first-order valence-corrected chi connectivity index (χ1v) is 9.35. The summed E-state index contributed by atoms with van der Waals surface area (Å²) in [5.41, 5.74) is 0.789. The third-order valence-electron chi connectivity index (χ3n) is 3.73. The van der Waals surface area contributed by atoms with Crippen molar-refractivity contribution in [1.82, 2.24) is 4.31 Å². The summed E-state index contributed by atoms with van der Waals surface area (Å²) in [4.78, 5) is 0.250. The second-order valence-corrected chi connectivity index (χ2v) is 7.95. The van der Waals surface area contributed by atoms with Crippen LogP contribution in [-0.4, -0.2) is 25.4 Å². The molecule has 0 N–H and O–H groups in total. The minimum absolute atomic E-state index is 0.250. The van der Waals surface area contributed by atoms with Crippen molar-refractivity contribution in [2.75, 3.05) is 6.61 Å². The number of ether oxygens (including phenoxy) is 1. The van der Waals surface area contributed by atoms with Crippen LogP contribution in [0, 0.1) is 0 Å². The molecule has 1 fully saturated rings. The van der Waals surface area contributed by atoms with Crippen LogP contribution in [0.15, 0.2) is 76.6 Å². The predicted molar refractivity (Wildman–Crippen MR) is 92.3 cm³/mol. The normalized spacial score (nSPS) is 22.1. The van der Waals surface area contributed by atoms with Crippen LogP contribution in [-0.2, 0) is 14.8 Å². The molecule has 0 unspecified atom stereocenters. The summed E-state index contributed by atoms with van der Waals surface area (Å²) in [5, 5.41) is 0. The smallest absolute Gasteiger partial charge is 0.246 e. The van der Waals surface area contributed by atoms with Crippen LogP contribution in [0.2, 0.25) is 0 Å². The quantitative estimate of drug-likeness (QED) is 0.743. The molecule has 1 aliphatic rings. The minimum Gasteiger partial charge on any atom is -0.356 e. The van der Waals surface area contributed by atoms with Gasteiger partial charge < -0.3 is 4.74 Å². The molecule has 0 aromatic heterocycles. The first-order chi connectivity index (χ1) is 11.0. The summed E-state index contributed by atoms with van der Waals surface area (Å²) in [6.07, 6.45) is 0.954. The number of rotatable bonds is 4. The maximum Gasteiger partial charge on any atom is 0.246 e. The first kappa shape index (κ1) is 16.4. The number of hydrogen-bond acceptors (Lipinski definition) is 3. The molecular weight excluding hydrogens is 378 g/mol. The SMILES string of the molecule is C=C[C@H]1CO[C@@H](c2ccc(Br)cc2)N1S(=O)(=O)c1ccccc1. The average Bonchev–Trinajstić information content (AvgIpc) is 3.01. The third-order valence-corrected chi connectivity index (χ3v) is 6.14. The molecule has 120 valence electrons. The highest BCUT2D eigenvalue weighted by molar-refractivity contribution is 9.10. The second kappa shape index (κ2) is 6.57. The van der Waals surface area contributed by atoms with Crippen molar-refractivity contribution in [2.24, 2.45) is 0 Å². The summed E-state index contributed by atoms with van der Waals surface area (Å²) in [7, 11) is -3.68. The fourth-order valence-corrected chi connectivity index (χ4v) is 4.52. The minimum atomic E-state index is -3.68. The van der Waals surface area contributed by atoms with Gasteiger partial charge in [-0.05, 0) is 29.8 Å². The Labute approximate surface area is 144 Å². The standard InChI is InChI=1S/C17H16BrNO3S/c1-2-15-12-22-17(13-8-10-14(18)11-9-13)19(15)23(20,21)16-6-4-3-5-7-16/h2-11,15,17H,1,12H2/t15-,17-/m0/s1. The first-order valence-electron chi connectivity index (χ1n) is 7.12. The highest BCUT2D eigenvalue weighted by atomic mass is 79.9. The predicted octanol–water partition coefficient (Wildman–Crippen LogP) is 3.72. The number of sulfonamides is 1. The zero-order valence-electron chi connectivity index (χ0n) is 12.3. The van der Waals surface area contributed by atoms with Crippen LogP contribution in [0.25, 0.3) is 0 Å². The van der Waals surface area contributed by atoms with Crippen molar-refractivity contribution in [2.45, 2.75) is 17.2 Å². The largest absolute Gasteiger partial charge is 0.356 e. The van der Waals surface area contributed by atoms with Crippen molar-refractivity contribution < 1.29 is 13.2 Å². The number of hydrogen-bond donors (Lipinski definition) is 0. The Bertz CT molecular complexity index is 790. The van der Waals surface area contributed by atoms with Crippen LogP contribution in [0.5, 0.6) is 0 Å². The van der Waals surface area contributed by atoms with Crippen molar-refractivity contribution >= 4 is 26.0 Å². The van der Waals surface area contributed by atoms with Crippen molar-refractivity contribution in [3.63, 3.8) is 0 Å². The molecule has 6 heteroatoms. The fraction of sp³-hybridized carbons (Fsp3) is 0.176. The number of nitrogens with zero attached hydrogens (tertiary/aromatic N) is 1. The lowest BCUT2D eigenvalue weighted by Gasteiger charge is -2.26. The van der Waals surface area contributed by atoms with Gasteiger partial charge in [-0.3, -0.25) is 0 Å². The van der Waals surface area contributed by atoms with E-state index in [2.05, 4.69) is 22.5 Å². The summed E-state index contributed by atoms with van der Waals surface area (Å²) >= 11 is 3.38. The highest BCUT2D eigenvalue weighted by Crippen LogP contribution is 2.36. The van der Waals surface area contributed by atoms with Crippen molar-refractivity contribution in [3.05, 3.63) is 77.3 Å². The average molecular weight is 394 g/mol. The molecule has 0 amide bonds. The topological polar surface area (TPSA) is 46.6 Å². The summed E-state index contributed by atoms with van der Waals surface area (Å²) in [6.45, 7) is 4.04. The van der Waals surface area contributed by atoms with E-state index >= 15 is 0 Å². The van der Waals surface area contributed by atoms with Gasteiger partial charge in [-0.1, -0.05) is 52.3 Å². The van der Waals surface area contributed by atoms with E-state index in [9.17, 15) is 8.42 Å². The zero-order valence-corrected chi connectivity index (χ0v) is 14.7. The third kappa shape index (κ3) is 3.12. The van der Waals surface area contributed by atoms with Crippen molar-refractivity contribution in [3.8, 4) is 0 Å². The maximum absolute atomic E-state index is 13.0. The van der Waals surface area contributed by atoms with Crippen LogP contribution >= 0.6 is 15.9 Å². The Hall–Kier alpha value is -1.47. The van der Waals surface area contributed by atoms with E-state index in [4.69, 9.17) is 4.74 Å². The maximum atomic E-state index is 13.0. The zero-order chi connectivity index (χ0) is 16.4. The molecule has 2 atom stereocenters. The van der Waals surface area contributed by atoms with Gasteiger partial charge in [-0.15, -0.1) is 6.58 Å². The Morgan fingerprint density at radius 2 is 1.78 bits per heavy atom. The Kier molecular flexibility index (Phi) is 4.68. The Morgan fingerprint density at radius 1 is 1.13 bits per heavy atom. The lowest BCUT2D eigenvalue weighted by Crippen LogP contribution is -2.37. The highest BCUT2D eigenvalue weighted by Gasteiger charge is 2.42. The number of benzene rings is 2. The van der Waals surface area contributed by atoms with Crippen molar-refractivity contribution in [1.29, 1.82) is 0 Å². The molecule has 3 rings (SSSR count). The Morgan fingerprint density at radius 3 is 2.39 bits per heavy atom. The van der Waals surface area contributed by atoms with E-state index in [-0.39, 0.29) is 11.5 Å². The van der Waals surface area contributed by atoms with E-state index in [0.717, 1.165) is 10.0 Å². The summed E-state index contributed by atoms with van der Waals surface area (Å²) in [5.74, 6) is 0. The second-order valence-electron chi connectivity index (χ2n) is 5.19. The fourth-order valence-electron chi connectivity index (χ4n) is 2.57. The molecule has 0 radical (unpaired) electrons. The van der Waals surface area contributed by atoms with E-state index in [1.165, 1.54) is 4.31 Å². The van der Waals surface area contributed by atoms with E-state index in [1.54, 1.807) is 36.4 Å². The molecule has 1 heterocycles. The number of halogens is 1. The lowest BCUT2D eigenvalue weighted by atomic mass is 10.2. The monoisotopic (exact) mass is 393 g/mol. The molecule has 1 saturated heterocycles. The Balaban J connectivity index is 2.05. The summed E-state index contributed by atoms with van der Waals surface area (Å²) in [6, 6.07) is 15.4. The van der Waals surface area contributed by atoms with Gasteiger partial charge in [0.25, 0.3) is 0 Å². The van der Waals surface area contributed by atoms with Crippen LogP contribution in [0.1, 0.15) is 11.8 Å². The molecule has 2 aromatic carbocycles. The van der Waals surface area contributed by atoms with Crippen LogP contribution in [0.3, 0.4) is 0 Å². The van der Waals surface area contributed by atoms with E-state index < -0.39 is 22.3 Å². The van der Waals surface area contributed by atoms with Gasteiger partial charge in [0.15, 0.2) is 6.23 Å². The van der Waals surface area contributed by atoms with Gasteiger partial charge in [-0.2, -0.15) is 4.31 Å². The van der Waals surface area contributed by atoms with Gasteiger partial charge in [0.1, 0.15) is 0 Å². The summed E-state index contributed by atoms with van der Waals surface area (Å²) < 4.78 is 34.2. The van der Waals surface area contributed by atoms with Gasteiger partial charge in [0.05, 0.1) is 17.5 Å². The molecule has 0 bridgehead atoms.